The van der Waals surface area contributed by atoms with E-state index < -0.39 is 0 Å². The molecule has 1 atom stereocenters. The van der Waals surface area contributed by atoms with Crippen LogP contribution in [0, 0.1) is 5.92 Å². The molecule has 0 amide bonds. The molecule has 2 heterocycles. The van der Waals surface area contributed by atoms with Crippen molar-refractivity contribution in [2.75, 3.05) is 13.1 Å². The number of aromatic nitrogens is 2. The highest BCUT2D eigenvalue weighted by atomic mass is 79.9. The van der Waals surface area contributed by atoms with Crippen LogP contribution in [0.4, 0.5) is 0 Å². The summed E-state index contributed by atoms with van der Waals surface area (Å²) in [6, 6.07) is 6.67. The van der Waals surface area contributed by atoms with Crippen LogP contribution in [0.25, 0.3) is 10.9 Å². The number of halogens is 1. The van der Waals surface area contributed by atoms with Gasteiger partial charge in [-0.3, -0.25) is 4.68 Å². The molecule has 0 saturated carbocycles. The summed E-state index contributed by atoms with van der Waals surface area (Å²) in [4.78, 5) is 0. The summed E-state index contributed by atoms with van der Waals surface area (Å²) in [5.41, 5.74) is 2.63. The van der Waals surface area contributed by atoms with Gasteiger partial charge in [-0.1, -0.05) is 6.07 Å². The van der Waals surface area contributed by atoms with Crippen molar-refractivity contribution in [1.29, 1.82) is 0 Å². The zero-order valence-corrected chi connectivity index (χ0v) is 11.5. The minimum atomic E-state index is 0.795. The normalized spacial score (nSPS) is 20.2. The molecule has 0 spiro atoms. The zero-order chi connectivity index (χ0) is 11.8. The van der Waals surface area contributed by atoms with E-state index in [2.05, 4.69) is 44.5 Å². The van der Waals surface area contributed by atoms with Crippen molar-refractivity contribution in [3.63, 3.8) is 0 Å². The van der Waals surface area contributed by atoms with E-state index in [1.165, 1.54) is 35.9 Å². The molecule has 1 aliphatic heterocycles. The maximum absolute atomic E-state index is 4.38. The van der Waals surface area contributed by atoms with Crippen LogP contribution in [-0.4, -0.2) is 22.9 Å². The fourth-order valence-corrected chi connectivity index (χ4v) is 3.18. The van der Waals surface area contributed by atoms with Crippen molar-refractivity contribution < 1.29 is 0 Å². The lowest BCUT2D eigenvalue weighted by atomic mass is 9.98. The molecule has 90 valence electrons. The average molecular weight is 294 g/mol. The Morgan fingerprint density at radius 1 is 1.53 bits per heavy atom. The number of fused-ring (bicyclic) bond motifs is 1. The van der Waals surface area contributed by atoms with Crippen molar-refractivity contribution in [3.8, 4) is 0 Å². The number of nitrogens with zero attached hydrogens (tertiary/aromatic N) is 2. The second kappa shape index (κ2) is 4.42. The van der Waals surface area contributed by atoms with Gasteiger partial charge in [-0.15, -0.1) is 0 Å². The van der Waals surface area contributed by atoms with Crippen molar-refractivity contribution in [2.24, 2.45) is 13.0 Å². The Balaban J connectivity index is 1.92. The standard InChI is InChI=1S/C13H16BrN3/c1-17-12-7-9(6-10-4-5-15-8-10)2-3-11(12)13(14)16-17/h2-3,7,10,15H,4-6,8H2,1H3. The van der Waals surface area contributed by atoms with Gasteiger partial charge in [0.25, 0.3) is 0 Å². The summed E-state index contributed by atoms with van der Waals surface area (Å²) in [5.74, 6) is 0.795. The quantitative estimate of drug-likeness (QED) is 0.922. The number of nitrogens with one attached hydrogen (secondary N) is 1. The van der Waals surface area contributed by atoms with Gasteiger partial charge in [0.05, 0.1) is 5.52 Å². The highest BCUT2D eigenvalue weighted by Gasteiger charge is 2.15. The second-order valence-electron chi connectivity index (χ2n) is 4.83. The van der Waals surface area contributed by atoms with Gasteiger partial charge in [-0.2, -0.15) is 5.10 Å². The van der Waals surface area contributed by atoms with Crippen molar-refractivity contribution in [3.05, 3.63) is 28.4 Å². The summed E-state index contributed by atoms with van der Waals surface area (Å²) in [6.07, 6.45) is 2.47. The number of hydrogen-bond acceptors (Lipinski definition) is 2. The van der Waals surface area contributed by atoms with Gasteiger partial charge >= 0.3 is 0 Å². The number of hydrogen-bond donors (Lipinski definition) is 1. The Morgan fingerprint density at radius 2 is 2.41 bits per heavy atom. The van der Waals surface area contributed by atoms with Crippen molar-refractivity contribution in [2.45, 2.75) is 12.8 Å². The monoisotopic (exact) mass is 293 g/mol. The molecule has 1 aromatic heterocycles. The first kappa shape index (κ1) is 11.2. The third-order valence-corrected chi connectivity index (χ3v) is 4.14. The van der Waals surface area contributed by atoms with Crippen LogP contribution < -0.4 is 5.32 Å². The SMILES string of the molecule is Cn1nc(Br)c2ccc(CC3CCNC3)cc21. The lowest BCUT2D eigenvalue weighted by Crippen LogP contribution is -2.10. The maximum Gasteiger partial charge on any atom is 0.135 e. The molecule has 1 aromatic carbocycles. The average Bonchev–Trinajstić information content (AvgIpc) is 2.89. The van der Waals surface area contributed by atoms with Gasteiger partial charge in [-0.25, -0.2) is 0 Å². The molecule has 1 aliphatic rings. The molecule has 0 bridgehead atoms. The van der Waals surface area contributed by atoms with Gasteiger partial charge in [0, 0.05) is 12.4 Å². The first-order valence-corrected chi connectivity index (χ1v) is 6.85. The largest absolute Gasteiger partial charge is 0.316 e. The van der Waals surface area contributed by atoms with Gasteiger partial charge in [0.1, 0.15) is 4.60 Å². The highest BCUT2D eigenvalue weighted by Crippen LogP contribution is 2.25. The lowest BCUT2D eigenvalue weighted by molar-refractivity contribution is 0.580. The maximum atomic E-state index is 4.38. The van der Waals surface area contributed by atoms with E-state index >= 15 is 0 Å². The Labute approximate surface area is 109 Å². The fraction of sp³-hybridized carbons (Fsp3) is 0.462. The number of rotatable bonds is 2. The van der Waals surface area contributed by atoms with Gasteiger partial charge < -0.3 is 5.32 Å². The van der Waals surface area contributed by atoms with Crippen molar-refractivity contribution >= 4 is 26.8 Å². The third kappa shape index (κ3) is 2.11. The first-order valence-electron chi connectivity index (χ1n) is 6.06. The molecule has 1 unspecified atom stereocenters. The molecule has 0 aliphatic carbocycles. The van der Waals surface area contributed by atoms with Crippen LogP contribution in [0.15, 0.2) is 22.8 Å². The molecular formula is C13H16BrN3. The molecule has 1 N–H and O–H groups in total. The second-order valence-corrected chi connectivity index (χ2v) is 5.58. The van der Waals surface area contributed by atoms with Crippen LogP contribution in [0.5, 0.6) is 0 Å². The molecule has 1 saturated heterocycles. The summed E-state index contributed by atoms with van der Waals surface area (Å²) >= 11 is 3.49. The van der Waals surface area contributed by atoms with Crippen LogP contribution in [0.2, 0.25) is 0 Å². The predicted molar refractivity (Wildman–Crippen MR) is 73.1 cm³/mol. The minimum absolute atomic E-state index is 0.795. The molecule has 0 radical (unpaired) electrons. The van der Waals surface area contributed by atoms with E-state index in [4.69, 9.17) is 0 Å². The Kier molecular flexibility index (Phi) is 2.92. The number of benzene rings is 1. The molecular weight excluding hydrogens is 278 g/mol. The van der Waals surface area contributed by atoms with E-state index in [9.17, 15) is 0 Å². The van der Waals surface area contributed by atoms with Crippen molar-refractivity contribution in [1.82, 2.24) is 15.1 Å². The summed E-state index contributed by atoms with van der Waals surface area (Å²) < 4.78 is 2.87. The van der Waals surface area contributed by atoms with Gasteiger partial charge in [0.15, 0.2) is 0 Å². The molecule has 1 fully saturated rings. The smallest absolute Gasteiger partial charge is 0.135 e. The van der Waals surface area contributed by atoms with Crippen LogP contribution in [-0.2, 0) is 13.5 Å². The minimum Gasteiger partial charge on any atom is -0.316 e. The first-order chi connectivity index (χ1) is 8.24. The van der Waals surface area contributed by atoms with Crippen LogP contribution in [0.1, 0.15) is 12.0 Å². The molecule has 3 nitrogen and oxygen atoms in total. The van der Waals surface area contributed by atoms with Gasteiger partial charge in [0.2, 0.25) is 0 Å². The lowest BCUT2D eigenvalue weighted by Gasteiger charge is -2.08. The Morgan fingerprint density at radius 3 is 3.18 bits per heavy atom. The summed E-state index contributed by atoms with van der Waals surface area (Å²) in [6.45, 7) is 2.33. The topological polar surface area (TPSA) is 29.9 Å². The summed E-state index contributed by atoms with van der Waals surface area (Å²) in [5, 5.41) is 9.00. The molecule has 17 heavy (non-hydrogen) atoms. The van der Waals surface area contributed by atoms with E-state index in [0.717, 1.165) is 17.1 Å². The van der Waals surface area contributed by atoms with Crippen LogP contribution >= 0.6 is 15.9 Å². The third-order valence-electron chi connectivity index (χ3n) is 3.56. The highest BCUT2D eigenvalue weighted by molar-refractivity contribution is 9.10. The molecule has 2 aromatic rings. The van der Waals surface area contributed by atoms with Crippen LogP contribution in [0.3, 0.4) is 0 Å². The predicted octanol–water partition coefficient (Wildman–Crippen LogP) is 2.49. The van der Waals surface area contributed by atoms with E-state index in [0.29, 0.717) is 0 Å². The zero-order valence-electron chi connectivity index (χ0n) is 9.91. The van der Waals surface area contributed by atoms with E-state index in [1.54, 1.807) is 0 Å². The van der Waals surface area contributed by atoms with E-state index in [1.807, 2.05) is 11.7 Å². The van der Waals surface area contributed by atoms with Gasteiger partial charge in [-0.05, 0) is 65.5 Å². The Hall–Kier alpha value is -0.870. The van der Waals surface area contributed by atoms with E-state index in [-0.39, 0.29) is 0 Å². The summed E-state index contributed by atoms with van der Waals surface area (Å²) in [7, 11) is 1.99. The Bertz CT molecular complexity index is 541. The molecule has 3 rings (SSSR count). The molecule has 4 heteroatoms. The fourth-order valence-electron chi connectivity index (χ4n) is 2.61. The number of aryl methyl sites for hydroxylation is 1.